The number of benzene rings is 1. The quantitative estimate of drug-likeness (QED) is 0.463. The number of aryl methyl sites for hydroxylation is 2. The number of amides is 2. The molecule has 0 spiro atoms. The van der Waals surface area contributed by atoms with Crippen LogP contribution in [0.3, 0.4) is 0 Å². The minimum atomic E-state index is -0.698. The Morgan fingerprint density at radius 3 is 2.69 bits per heavy atom. The molecule has 4 N–H and O–H groups in total. The molecule has 0 aliphatic rings. The maximum Gasteiger partial charge on any atom is 0.271 e. The fourth-order valence-corrected chi connectivity index (χ4v) is 3.53. The van der Waals surface area contributed by atoms with Gasteiger partial charge in [0.1, 0.15) is 5.82 Å². The normalized spacial score (nSPS) is 10.9. The molecule has 3 aromatic heterocycles. The maximum absolute atomic E-state index is 13.3. The number of carbonyl (C=O) groups excluding carboxylic acids is 2. The fourth-order valence-electron chi connectivity index (χ4n) is 3.53. The molecular weight excluding hydrogens is 406 g/mol. The van der Waals surface area contributed by atoms with Crippen LogP contribution in [-0.2, 0) is 24.8 Å². The van der Waals surface area contributed by atoms with Crippen LogP contribution in [0.15, 0.2) is 60.9 Å². The van der Waals surface area contributed by atoms with E-state index in [0.29, 0.717) is 17.9 Å². The zero-order chi connectivity index (χ0) is 22.7. The molecule has 0 fully saturated rings. The first-order valence-corrected chi connectivity index (χ1v) is 10.1. The van der Waals surface area contributed by atoms with E-state index in [-0.39, 0.29) is 24.6 Å². The minimum absolute atomic E-state index is 0.0434. The van der Waals surface area contributed by atoms with Gasteiger partial charge in [-0.1, -0.05) is 18.2 Å². The number of fused-ring (bicyclic) bond motifs is 1. The Labute approximate surface area is 184 Å². The van der Waals surface area contributed by atoms with E-state index in [1.807, 2.05) is 42.5 Å². The lowest BCUT2D eigenvalue weighted by Gasteiger charge is -2.22. The number of nitrogens with zero attached hydrogens (tertiary/aromatic N) is 5. The number of nitrogen functional groups attached to an aromatic ring is 1. The van der Waals surface area contributed by atoms with Crippen LogP contribution in [0.25, 0.3) is 10.9 Å². The van der Waals surface area contributed by atoms with Crippen LogP contribution in [0.4, 0.5) is 11.5 Å². The van der Waals surface area contributed by atoms with Crippen LogP contribution in [-0.4, -0.2) is 31.6 Å². The Kier molecular flexibility index (Phi) is 5.80. The van der Waals surface area contributed by atoms with Crippen LogP contribution in [0, 0.1) is 0 Å². The van der Waals surface area contributed by atoms with Gasteiger partial charge >= 0.3 is 0 Å². The fraction of sp³-hybridized carbons (Fsp3) is 0.174. The van der Waals surface area contributed by atoms with Crippen molar-refractivity contribution in [2.45, 2.75) is 19.4 Å². The number of pyridine rings is 2. The van der Waals surface area contributed by atoms with E-state index in [9.17, 15) is 9.59 Å². The summed E-state index contributed by atoms with van der Waals surface area (Å²) in [5.74, 6) is -0.455. The summed E-state index contributed by atoms with van der Waals surface area (Å²) in [5, 5.41) is 5.08. The topological polar surface area (TPSA) is 133 Å². The lowest BCUT2D eigenvalue weighted by molar-refractivity contribution is -0.118. The van der Waals surface area contributed by atoms with Crippen molar-refractivity contribution in [1.29, 1.82) is 0 Å². The molecule has 0 saturated carbocycles. The average Bonchev–Trinajstić information content (AvgIpc) is 3.18. The number of primary amides is 1. The van der Waals surface area contributed by atoms with Gasteiger partial charge in [0.05, 0.1) is 17.7 Å². The van der Waals surface area contributed by atoms with Gasteiger partial charge in [0.25, 0.3) is 5.91 Å². The van der Waals surface area contributed by atoms with Crippen LogP contribution < -0.4 is 16.4 Å². The molecule has 0 aliphatic carbocycles. The number of hydrogen-bond acceptors (Lipinski definition) is 6. The summed E-state index contributed by atoms with van der Waals surface area (Å²) in [6.45, 7) is 0.222. The van der Waals surface area contributed by atoms with Gasteiger partial charge in [-0.05, 0) is 42.3 Å². The first-order chi connectivity index (χ1) is 15.4. The number of anilines is 2. The van der Waals surface area contributed by atoms with Crippen LogP contribution >= 0.6 is 0 Å². The Hall–Kier alpha value is -4.27. The highest BCUT2D eigenvalue weighted by Gasteiger charge is 2.24. The number of rotatable bonds is 7. The van der Waals surface area contributed by atoms with Gasteiger partial charge < -0.3 is 16.4 Å². The molecule has 0 radical (unpaired) electrons. The summed E-state index contributed by atoms with van der Waals surface area (Å²) >= 11 is 0. The molecule has 4 rings (SSSR count). The van der Waals surface area contributed by atoms with Crippen molar-refractivity contribution >= 4 is 34.2 Å². The van der Waals surface area contributed by atoms with Gasteiger partial charge in [-0.15, -0.1) is 0 Å². The van der Waals surface area contributed by atoms with Crippen molar-refractivity contribution < 1.29 is 9.59 Å². The number of nitrogens with two attached hydrogens (primary N) is 2. The molecule has 162 valence electrons. The van der Waals surface area contributed by atoms with Crippen LogP contribution in [0.1, 0.15) is 28.2 Å². The summed E-state index contributed by atoms with van der Waals surface area (Å²) in [6.07, 6.45) is 3.99. The molecule has 0 unspecified atom stereocenters. The zero-order valence-corrected chi connectivity index (χ0v) is 17.6. The molecule has 0 saturated heterocycles. The van der Waals surface area contributed by atoms with E-state index < -0.39 is 5.91 Å². The molecule has 9 nitrogen and oxygen atoms in total. The van der Waals surface area contributed by atoms with E-state index in [2.05, 4.69) is 15.1 Å². The Bertz CT molecular complexity index is 1280. The molecule has 9 heteroatoms. The molecule has 3 heterocycles. The molecule has 32 heavy (non-hydrogen) atoms. The molecule has 0 aliphatic heterocycles. The third-order valence-corrected chi connectivity index (χ3v) is 5.07. The first kappa shape index (κ1) is 21.0. The molecular formula is C23H23N7O2. The Balaban J connectivity index is 1.67. The molecule has 2 amide bonds. The van der Waals surface area contributed by atoms with Gasteiger partial charge in [0.15, 0.2) is 5.69 Å². The summed E-state index contributed by atoms with van der Waals surface area (Å²) in [6, 6.07) is 14.9. The Morgan fingerprint density at radius 2 is 1.94 bits per heavy atom. The summed E-state index contributed by atoms with van der Waals surface area (Å²) < 4.78 is 1.47. The van der Waals surface area contributed by atoms with Gasteiger partial charge in [-0.25, -0.2) is 4.98 Å². The number of hydrogen-bond donors (Lipinski definition) is 2. The molecule has 0 bridgehead atoms. The smallest absolute Gasteiger partial charge is 0.271 e. The van der Waals surface area contributed by atoms with Crippen molar-refractivity contribution in [2.24, 2.45) is 12.8 Å². The summed E-state index contributed by atoms with van der Waals surface area (Å²) in [4.78, 5) is 35.4. The van der Waals surface area contributed by atoms with E-state index in [4.69, 9.17) is 11.5 Å². The predicted octanol–water partition coefficient (Wildman–Crippen LogP) is 2.21. The predicted molar refractivity (Wildman–Crippen MR) is 122 cm³/mol. The van der Waals surface area contributed by atoms with Gasteiger partial charge in [-0.3, -0.25) is 19.3 Å². The van der Waals surface area contributed by atoms with Gasteiger partial charge in [-0.2, -0.15) is 5.10 Å². The first-order valence-electron chi connectivity index (χ1n) is 10.1. The number of aromatic nitrogens is 4. The van der Waals surface area contributed by atoms with Crippen LogP contribution in [0.5, 0.6) is 0 Å². The molecule has 1 aromatic carbocycles. The second-order valence-corrected chi connectivity index (χ2v) is 7.46. The lowest BCUT2D eigenvalue weighted by atomic mass is 10.1. The Morgan fingerprint density at radius 1 is 1.12 bits per heavy atom. The molecule has 0 atom stereocenters. The summed E-state index contributed by atoms with van der Waals surface area (Å²) in [7, 11) is 1.68. The minimum Gasteiger partial charge on any atom is -0.384 e. The van der Waals surface area contributed by atoms with Crippen molar-refractivity contribution in [3.05, 3.63) is 77.9 Å². The van der Waals surface area contributed by atoms with E-state index >= 15 is 0 Å². The average molecular weight is 429 g/mol. The standard InChI is InChI=1S/C23H23N7O2/c1-29-14-19(22(28-29)23(25)32)30(21(31)10-8-17-4-2-3-11-26-17)13-15-5-6-16-7-9-20(24)27-18(16)12-15/h2-7,9,11-12,14H,8,10,13H2,1H3,(H2,24,27)(H2,25,32). The number of carbonyl (C=O) groups is 2. The second-order valence-electron chi connectivity index (χ2n) is 7.46. The van der Waals surface area contributed by atoms with Gasteiger partial charge in [0.2, 0.25) is 5.91 Å². The maximum atomic E-state index is 13.3. The van der Waals surface area contributed by atoms with E-state index in [1.165, 1.54) is 9.58 Å². The highest BCUT2D eigenvalue weighted by Crippen LogP contribution is 2.24. The third-order valence-electron chi connectivity index (χ3n) is 5.07. The second kappa shape index (κ2) is 8.84. The monoisotopic (exact) mass is 429 g/mol. The largest absolute Gasteiger partial charge is 0.384 e. The van der Waals surface area contributed by atoms with Gasteiger partial charge in [0, 0.05) is 36.9 Å². The van der Waals surface area contributed by atoms with E-state index in [1.54, 1.807) is 25.5 Å². The van der Waals surface area contributed by atoms with Crippen molar-refractivity contribution in [3.63, 3.8) is 0 Å². The van der Waals surface area contributed by atoms with Crippen molar-refractivity contribution in [3.8, 4) is 0 Å². The van der Waals surface area contributed by atoms with Crippen LogP contribution in [0.2, 0.25) is 0 Å². The zero-order valence-electron chi connectivity index (χ0n) is 17.6. The lowest BCUT2D eigenvalue weighted by Crippen LogP contribution is -2.32. The third kappa shape index (κ3) is 4.56. The SMILES string of the molecule is Cn1cc(N(Cc2ccc3ccc(N)nc3c2)C(=O)CCc2ccccn2)c(C(N)=O)n1. The van der Waals surface area contributed by atoms with Crippen molar-refractivity contribution in [2.75, 3.05) is 10.6 Å². The summed E-state index contributed by atoms with van der Waals surface area (Å²) in [5.41, 5.74) is 14.1. The van der Waals surface area contributed by atoms with E-state index in [0.717, 1.165) is 22.2 Å². The van der Waals surface area contributed by atoms with Crippen molar-refractivity contribution in [1.82, 2.24) is 19.7 Å². The highest BCUT2D eigenvalue weighted by molar-refractivity contribution is 6.02. The molecule has 4 aromatic rings. The highest BCUT2D eigenvalue weighted by atomic mass is 16.2.